The smallest absolute Gasteiger partial charge is 0.349 e. The average molecular weight is 440 g/mol. The van der Waals surface area contributed by atoms with E-state index in [9.17, 15) is 14.0 Å². The van der Waals surface area contributed by atoms with Crippen LogP contribution in [0.4, 0.5) is 10.1 Å². The van der Waals surface area contributed by atoms with Crippen molar-refractivity contribution in [1.29, 1.82) is 0 Å². The molecule has 0 radical (unpaired) electrons. The van der Waals surface area contributed by atoms with Crippen LogP contribution in [0.5, 0.6) is 0 Å². The Morgan fingerprint density at radius 3 is 2.77 bits per heavy atom. The van der Waals surface area contributed by atoms with E-state index in [0.717, 1.165) is 25.7 Å². The highest BCUT2D eigenvalue weighted by atomic mass is 79.9. The van der Waals surface area contributed by atoms with Crippen LogP contribution < -0.4 is 5.32 Å². The van der Waals surface area contributed by atoms with Crippen LogP contribution in [-0.2, 0) is 22.4 Å². The summed E-state index contributed by atoms with van der Waals surface area (Å²) in [6.45, 7) is 1.74. The van der Waals surface area contributed by atoms with Crippen molar-refractivity contribution < 1.29 is 18.7 Å². The molecule has 0 saturated heterocycles. The molecule has 1 unspecified atom stereocenters. The Kier molecular flexibility index (Phi) is 6.09. The lowest BCUT2D eigenvalue weighted by atomic mass is 9.99. The maximum Gasteiger partial charge on any atom is 0.349 e. The predicted octanol–water partition coefficient (Wildman–Crippen LogP) is 5.10. The highest BCUT2D eigenvalue weighted by Gasteiger charge is 2.25. The summed E-state index contributed by atoms with van der Waals surface area (Å²) in [7, 11) is 0. The molecule has 0 bridgehead atoms. The summed E-state index contributed by atoms with van der Waals surface area (Å²) < 4.78 is 19.9. The normalized spacial score (nSPS) is 14.4. The molecule has 7 heteroatoms. The summed E-state index contributed by atoms with van der Waals surface area (Å²) in [5.74, 6) is -1.59. The molecule has 4 nitrogen and oxygen atoms in total. The van der Waals surface area contributed by atoms with Gasteiger partial charge in [0.2, 0.25) is 0 Å². The lowest BCUT2D eigenvalue weighted by Gasteiger charge is -2.16. The van der Waals surface area contributed by atoms with Crippen molar-refractivity contribution in [3.05, 3.63) is 49.9 Å². The Morgan fingerprint density at radius 2 is 2.08 bits per heavy atom. The molecule has 1 aromatic heterocycles. The van der Waals surface area contributed by atoms with Gasteiger partial charge in [-0.3, -0.25) is 4.79 Å². The maximum atomic E-state index is 13.9. The number of benzene rings is 1. The number of esters is 1. The Hall–Kier alpha value is -1.73. The van der Waals surface area contributed by atoms with Crippen LogP contribution in [0.25, 0.3) is 0 Å². The molecule has 0 spiro atoms. The van der Waals surface area contributed by atoms with Crippen LogP contribution in [-0.4, -0.2) is 18.0 Å². The number of amides is 1. The number of aryl methyl sites for hydroxylation is 2. The molecular weight excluding hydrogens is 421 g/mol. The predicted molar refractivity (Wildman–Crippen MR) is 103 cm³/mol. The van der Waals surface area contributed by atoms with Gasteiger partial charge in [0.25, 0.3) is 5.91 Å². The van der Waals surface area contributed by atoms with Gasteiger partial charge in [0.15, 0.2) is 6.10 Å². The lowest BCUT2D eigenvalue weighted by Crippen LogP contribution is -2.32. The molecule has 138 valence electrons. The van der Waals surface area contributed by atoms with Crippen molar-refractivity contribution in [3.63, 3.8) is 0 Å². The van der Waals surface area contributed by atoms with Crippen LogP contribution in [0.2, 0.25) is 0 Å². The minimum Gasteiger partial charge on any atom is -0.448 e. The van der Waals surface area contributed by atoms with Gasteiger partial charge in [0, 0.05) is 9.35 Å². The van der Waals surface area contributed by atoms with Gasteiger partial charge in [0.05, 0.1) is 5.69 Å². The van der Waals surface area contributed by atoms with E-state index in [0.29, 0.717) is 15.8 Å². The molecule has 1 aromatic carbocycles. The number of carbonyl (C=O) groups excluding carboxylic acids is 2. The second kappa shape index (κ2) is 8.31. The zero-order chi connectivity index (χ0) is 18.7. The van der Waals surface area contributed by atoms with Crippen LogP contribution in [0.15, 0.2) is 28.7 Å². The van der Waals surface area contributed by atoms with Gasteiger partial charge in [0.1, 0.15) is 10.7 Å². The van der Waals surface area contributed by atoms with Gasteiger partial charge in [-0.25, -0.2) is 9.18 Å². The van der Waals surface area contributed by atoms with Crippen molar-refractivity contribution >= 4 is 44.8 Å². The maximum absolute atomic E-state index is 13.9. The van der Waals surface area contributed by atoms with Crippen molar-refractivity contribution in [2.45, 2.75) is 45.1 Å². The quantitative estimate of drug-likeness (QED) is 0.658. The molecule has 1 aliphatic carbocycles. The Morgan fingerprint density at radius 1 is 1.31 bits per heavy atom. The van der Waals surface area contributed by atoms with Crippen LogP contribution in [0, 0.1) is 5.82 Å². The summed E-state index contributed by atoms with van der Waals surface area (Å²) in [4.78, 5) is 26.6. The van der Waals surface area contributed by atoms with E-state index in [1.165, 1.54) is 33.9 Å². The summed E-state index contributed by atoms with van der Waals surface area (Å²) in [6, 6.07) is 6.22. The van der Waals surface area contributed by atoms with Gasteiger partial charge in [-0.15, -0.1) is 11.3 Å². The minimum absolute atomic E-state index is 0.0549. The Bertz CT molecular complexity index is 813. The first kappa shape index (κ1) is 19.0. The first-order valence-corrected chi connectivity index (χ1v) is 10.2. The largest absolute Gasteiger partial charge is 0.448 e. The standard InChI is InChI=1S/C19H19BrFNO3S/c1-2-15(18(23)22-14-8-7-12(20)10-13(14)21)25-19(24)17-9-11-5-3-4-6-16(11)26-17/h7-10,15H,2-6H2,1H3,(H,22,23). The fourth-order valence-electron chi connectivity index (χ4n) is 2.90. The second-order valence-corrected chi connectivity index (χ2v) is 8.23. The first-order chi connectivity index (χ1) is 12.5. The molecule has 1 atom stereocenters. The SMILES string of the molecule is CCC(OC(=O)c1cc2c(s1)CCCC2)C(=O)Nc1ccc(Br)cc1F. The number of nitrogens with one attached hydrogen (secondary N) is 1. The Balaban J connectivity index is 1.67. The number of hydrogen-bond acceptors (Lipinski definition) is 4. The fourth-order valence-corrected chi connectivity index (χ4v) is 4.37. The molecule has 1 N–H and O–H groups in total. The van der Waals surface area contributed by atoms with E-state index in [1.807, 2.05) is 6.07 Å². The van der Waals surface area contributed by atoms with Gasteiger partial charge in [-0.2, -0.15) is 0 Å². The van der Waals surface area contributed by atoms with E-state index in [2.05, 4.69) is 21.2 Å². The lowest BCUT2D eigenvalue weighted by molar-refractivity contribution is -0.124. The number of hydrogen-bond donors (Lipinski definition) is 1. The topological polar surface area (TPSA) is 55.4 Å². The van der Waals surface area contributed by atoms with Crippen molar-refractivity contribution in [1.82, 2.24) is 0 Å². The molecule has 1 amide bonds. The molecule has 26 heavy (non-hydrogen) atoms. The van der Waals surface area contributed by atoms with Crippen molar-refractivity contribution in [2.24, 2.45) is 0 Å². The summed E-state index contributed by atoms with van der Waals surface area (Å²) >= 11 is 4.61. The molecular formula is C19H19BrFNO3S. The van der Waals surface area contributed by atoms with E-state index < -0.39 is 23.8 Å². The highest BCUT2D eigenvalue weighted by Crippen LogP contribution is 2.30. The number of rotatable bonds is 5. The number of carbonyl (C=O) groups is 2. The van der Waals surface area contributed by atoms with E-state index in [-0.39, 0.29) is 5.69 Å². The van der Waals surface area contributed by atoms with Crippen LogP contribution in [0.1, 0.15) is 46.3 Å². The molecule has 1 aliphatic rings. The number of thiophene rings is 1. The molecule has 0 aliphatic heterocycles. The van der Waals surface area contributed by atoms with Crippen LogP contribution in [0.3, 0.4) is 0 Å². The average Bonchev–Trinajstić information content (AvgIpc) is 3.06. The van der Waals surface area contributed by atoms with Gasteiger partial charge in [-0.05, 0) is 61.9 Å². The molecule has 1 heterocycles. The third kappa shape index (κ3) is 4.32. The van der Waals surface area contributed by atoms with E-state index in [4.69, 9.17) is 4.74 Å². The fraction of sp³-hybridized carbons (Fsp3) is 0.368. The summed E-state index contributed by atoms with van der Waals surface area (Å²) in [5, 5.41) is 2.49. The zero-order valence-corrected chi connectivity index (χ0v) is 16.7. The number of ether oxygens (including phenoxy) is 1. The van der Waals surface area contributed by atoms with Gasteiger partial charge >= 0.3 is 5.97 Å². The van der Waals surface area contributed by atoms with Gasteiger partial charge in [-0.1, -0.05) is 22.9 Å². The Labute approximate surface area is 163 Å². The number of halogens is 2. The summed E-state index contributed by atoms with van der Waals surface area (Å²) in [6.07, 6.45) is 3.59. The second-order valence-electron chi connectivity index (χ2n) is 6.18. The third-order valence-corrected chi connectivity index (χ3v) is 6.01. The highest BCUT2D eigenvalue weighted by molar-refractivity contribution is 9.10. The number of fused-ring (bicyclic) bond motifs is 1. The molecule has 0 saturated carbocycles. The van der Waals surface area contributed by atoms with Crippen molar-refractivity contribution in [2.75, 3.05) is 5.32 Å². The molecule has 3 rings (SSSR count). The first-order valence-electron chi connectivity index (χ1n) is 8.56. The molecule has 0 fully saturated rings. The monoisotopic (exact) mass is 439 g/mol. The summed E-state index contributed by atoms with van der Waals surface area (Å²) in [5.41, 5.74) is 1.27. The van der Waals surface area contributed by atoms with Crippen molar-refractivity contribution in [3.8, 4) is 0 Å². The molecule has 2 aromatic rings. The van der Waals surface area contributed by atoms with Gasteiger partial charge < -0.3 is 10.1 Å². The third-order valence-electron chi connectivity index (χ3n) is 4.30. The van der Waals surface area contributed by atoms with E-state index >= 15 is 0 Å². The number of anilines is 1. The van der Waals surface area contributed by atoms with Crippen LogP contribution >= 0.6 is 27.3 Å². The zero-order valence-electron chi connectivity index (χ0n) is 14.3. The van der Waals surface area contributed by atoms with E-state index in [1.54, 1.807) is 13.0 Å². The minimum atomic E-state index is -0.968.